The molecule has 3 N–H and O–H groups in total. The highest BCUT2D eigenvalue weighted by Gasteiger charge is 2.15. The minimum absolute atomic E-state index is 0.0530. The SMILES string of the molecule is CC(CN(C)Cc1ccccc1)Nc1nnc(Cl)cc1C(N)=O. The van der Waals surface area contributed by atoms with Crippen LogP contribution in [0.3, 0.4) is 0 Å². The second-order valence-corrected chi connectivity index (χ2v) is 5.91. The van der Waals surface area contributed by atoms with Crippen LogP contribution in [0, 0.1) is 0 Å². The molecular weight excluding hydrogens is 314 g/mol. The van der Waals surface area contributed by atoms with Gasteiger partial charge < -0.3 is 16.0 Å². The summed E-state index contributed by atoms with van der Waals surface area (Å²) in [6.45, 7) is 3.60. The number of anilines is 1. The number of nitrogens with one attached hydrogen (secondary N) is 1. The Morgan fingerprint density at radius 2 is 2.04 bits per heavy atom. The molecule has 0 aliphatic rings. The average molecular weight is 334 g/mol. The lowest BCUT2D eigenvalue weighted by Crippen LogP contribution is -2.33. The van der Waals surface area contributed by atoms with Crippen molar-refractivity contribution in [2.24, 2.45) is 5.73 Å². The van der Waals surface area contributed by atoms with Crippen LogP contribution in [-0.4, -0.2) is 40.6 Å². The van der Waals surface area contributed by atoms with Crippen molar-refractivity contribution in [3.8, 4) is 0 Å². The van der Waals surface area contributed by atoms with E-state index in [1.54, 1.807) is 0 Å². The van der Waals surface area contributed by atoms with Gasteiger partial charge >= 0.3 is 0 Å². The summed E-state index contributed by atoms with van der Waals surface area (Å²) in [5.41, 5.74) is 6.83. The van der Waals surface area contributed by atoms with Gasteiger partial charge in [0, 0.05) is 19.1 Å². The maximum Gasteiger partial charge on any atom is 0.252 e. The molecular formula is C16H20ClN5O. The summed E-state index contributed by atoms with van der Waals surface area (Å²) in [4.78, 5) is 13.6. The highest BCUT2D eigenvalue weighted by Crippen LogP contribution is 2.16. The summed E-state index contributed by atoms with van der Waals surface area (Å²) >= 11 is 5.75. The standard InChI is InChI=1S/C16H20ClN5O/c1-11(9-22(2)10-12-6-4-3-5-7-12)19-16-13(15(18)23)8-14(17)20-21-16/h3-8,11H,9-10H2,1-2H3,(H2,18,23)(H,19,21). The predicted octanol–water partition coefficient (Wildman–Crippen LogP) is 2.16. The van der Waals surface area contributed by atoms with Gasteiger partial charge in [-0.3, -0.25) is 4.79 Å². The zero-order valence-corrected chi connectivity index (χ0v) is 13.9. The van der Waals surface area contributed by atoms with Crippen LogP contribution in [0.4, 0.5) is 5.82 Å². The number of hydrogen-bond donors (Lipinski definition) is 2. The first-order chi connectivity index (χ1) is 11.0. The molecule has 122 valence electrons. The molecule has 1 heterocycles. The van der Waals surface area contributed by atoms with E-state index >= 15 is 0 Å². The molecule has 2 rings (SSSR count). The van der Waals surface area contributed by atoms with Gasteiger partial charge in [-0.25, -0.2) is 0 Å². The number of nitrogens with two attached hydrogens (primary N) is 1. The number of primary amides is 1. The molecule has 0 spiro atoms. The first-order valence-corrected chi connectivity index (χ1v) is 7.65. The van der Waals surface area contributed by atoms with Crippen molar-refractivity contribution in [1.29, 1.82) is 0 Å². The number of halogens is 1. The minimum atomic E-state index is -0.589. The number of carbonyl (C=O) groups is 1. The van der Waals surface area contributed by atoms with Crippen LogP contribution in [0.2, 0.25) is 5.15 Å². The van der Waals surface area contributed by atoms with Crippen LogP contribution in [0.25, 0.3) is 0 Å². The van der Waals surface area contributed by atoms with Crippen LogP contribution in [-0.2, 0) is 6.54 Å². The van der Waals surface area contributed by atoms with Crippen LogP contribution in [0.1, 0.15) is 22.8 Å². The Kier molecular flexibility index (Phi) is 5.90. The van der Waals surface area contributed by atoms with Gasteiger partial charge in [0.05, 0.1) is 5.56 Å². The second kappa shape index (κ2) is 7.89. The van der Waals surface area contributed by atoms with Gasteiger partial charge in [0.1, 0.15) is 0 Å². The smallest absolute Gasteiger partial charge is 0.252 e. The quantitative estimate of drug-likeness (QED) is 0.811. The van der Waals surface area contributed by atoms with Gasteiger partial charge in [0.2, 0.25) is 0 Å². The summed E-state index contributed by atoms with van der Waals surface area (Å²) in [6.07, 6.45) is 0. The van der Waals surface area contributed by atoms with E-state index < -0.39 is 5.91 Å². The van der Waals surface area contributed by atoms with Gasteiger partial charge in [-0.05, 0) is 25.6 Å². The molecule has 0 aliphatic carbocycles. The summed E-state index contributed by atoms with van der Waals surface area (Å²) in [5, 5.41) is 11.0. The maximum atomic E-state index is 11.5. The molecule has 1 aromatic carbocycles. The van der Waals surface area contributed by atoms with Gasteiger partial charge in [-0.2, -0.15) is 0 Å². The van der Waals surface area contributed by atoms with Gasteiger partial charge in [0.25, 0.3) is 5.91 Å². The molecule has 0 radical (unpaired) electrons. The van der Waals surface area contributed by atoms with Crippen LogP contribution in [0.5, 0.6) is 0 Å². The van der Waals surface area contributed by atoms with E-state index in [1.165, 1.54) is 11.6 Å². The Morgan fingerprint density at radius 3 is 2.70 bits per heavy atom. The Hall–Kier alpha value is -2.18. The largest absolute Gasteiger partial charge is 0.365 e. The normalized spacial score (nSPS) is 12.2. The first kappa shape index (κ1) is 17.2. The maximum absolute atomic E-state index is 11.5. The van der Waals surface area contributed by atoms with Crippen molar-refractivity contribution >= 4 is 23.3 Å². The molecule has 0 saturated heterocycles. The molecule has 0 fully saturated rings. The van der Waals surface area contributed by atoms with Crippen molar-refractivity contribution in [3.05, 3.63) is 52.7 Å². The van der Waals surface area contributed by atoms with Gasteiger partial charge in [-0.15, -0.1) is 10.2 Å². The summed E-state index contributed by atoms with van der Waals surface area (Å²) < 4.78 is 0. The fourth-order valence-corrected chi connectivity index (χ4v) is 2.52. The molecule has 6 nitrogen and oxygen atoms in total. The number of carbonyl (C=O) groups excluding carboxylic acids is 1. The first-order valence-electron chi connectivity index (χ1n) is 7.27. The van der Waals surface area contributed by atoms with E-state index in [4.69, 9.17) is 17.3 Å². The van der Waals surface area contributed by atoms with Gasteiger partial charge in [0.15, 0.2) is 11.0 Å². The van der Waals surface area contributed by atoms with E-state index in [1.807, 2.05) is 32.2 Å². The highest BCUT2D eigenvalue weighted by atomic mass is 35.5. The Morgan fingerprint density at radius 1 is 1.35 bits per heavy atom. The van der Waals surface area contributed by atoms with Crippen molar-refractivity contribution < 1.29 is 4.79 Å². The third kappa shape index (κ3) is 5.19. The lowest BCUT2D eigenvalue weighted by molar-refractivity contribution is 0.100. The molecule has 1 unspecified atom stereocenters. The van der Waals surface area contributed by atoms with Gasteiger partial charge in [-0.1, -0.05) is 41.9 Å². The van der Waals surface area contributed by atoms with E-state index in [-0.39, 0.29) is 16.8 Å². The topological polar surface area (TPSA) is 84.1 Å². The Balaban J connectivity index is 1.97. The average Bonchev–Trinajstić information content (AvgIpc) is 2.49. The summed E-state index contributed by atoms with van der Waals surface area (Å²) in [6, 6.07) is 11.7. The fourth-order valence-electron chi connectivity index (χ4n) is 2.37. The van der Waals surface area contributed by atoms with Crippen molar-refractivity contribution in [1.82, 2.24) is 15.1 Å². The van der Waals surface area contributed by atoms with E-state index in [0.29, 0.717) is 5.82 Å². The van der Waals surface area contributed by atoms with Crippen molar-refractivity contribution in [2.45, 2.75) is 19.5 Å². The number of hydrogen-bond acceptors (Lipinski definition) is 5. The van der Waals surface area contributed by atoms with Crippen LogP contribution >= 0.6 is 11.6 Å². The monoisotopic (exact) mass is 333 g/mol. The Bertz CT molecular complexity index is 665. The zero-order chi connectivity index (χ0) is 16.8. The minimum Gasteiger partial charge on any atom is -0.365 e. The third-order valence-corrected chi connectivity index (χ3v) is 3.48. The lowest BCUT2D eigenvalue weighted by atomic mass is 10.2. The summed E-state index contributed by atoms with van der Waals surface area (Å²) in [7, 11) is 2.04. The number of likely N-dealkylation sites (N-methyl/N-ethyl adjacent to an activating group) is 1. The molecule has 1 amide bonds. The lowest BCUT2D eigenvalue weighted by Gasteiger charge is -2.23. The number of amides is 1. The van der Waals surface area contributed by atoms with E-state index in [9.17, 15) is 4.79 Å². The van der Waals surface area contributed by atoms with Crippen LogP contribution in [0.15, 0.2) is 36.4 Å². The summed E-state index contributed by atoms with van der Waals surface area (Å²) in [5.74, 6) is -0.239. The molecule has 2 aromatic rings. The number of benzene rings is 1. The molecule has 7 heteroatoms. The molecule has 0 aliphatic heterocycles. The third-order valence-electron chi connectivity index (χ3n) is 3.29. The molecule has 1 aromatic heterocycles. The number of nitrogens with zero attached hydrogens (tertiary/aromatic N) is 3. The predicted molar refractivity (Wildman–Crippen MR) is 91.4 cm³/mol. The second-order valence-electron chi connectivity index (χ2n) is 5.52. The Labute approximate surface area is 140 Å². The molecule has 1 atom stereocenters. The number of aromatic nitrogens is 2. The van der Waals surface area contributed by atoms with Crippen molar-refractivity contribution in [3.63, 3.8) is 0 Å². The zero-order valence-electron chi connectivity index (χ0n) is 13.2. The highest BCUT2D eigenvalue weighted by molar-refractivity contribution is 6.29. The molecule has 0 saturated carbocycles. The van der Waals surface area contributed by atoms with E-state index in [2.05, 4.69) is 32.5 Å². The number of rotatable bonds is 7. The fraction of sp³-hybridized carbons (Fsp3) is 0.312. The molecule has 23 heavy (non-hydrogen) atoms. The van der Waals surface area contributed by atoms with Crippen LogP contribution < -0.4 is 11.1 Å². The molecule has 0 bridgehead atoms. The van der Waals surface area contributed by atoms with Crippen molar-refractivity contribution in [2.75, 3.05) is 18.9 Å². The van der Waals surface area contributed by atoms with E-state index in [0.717, 1.165) is 13.1 Å².